The molecule has 2 aromatic rings. The number of halogens is 2. The number of sulfone groups is 1. The predicted octanol–water partition coefficient (Wildman–Crippen LogP) is 4.51. The summed E-state index contributed by atoms with van der Waals surface area (Å²) in [6, 6.07) is 12.4. The molecule has 0 aliphatic rings. The van der Waals surface area contributed by atoms with E-state index in [0.717, 1.165) is 15.7 Å². The lowest BCUT2D eigenvalue weighted by atomic mass is 10.2. The van der Waals surface area contributed by atoms with Crippen LogP contribution in [-0.4, -0.2) is 14.2 Å². The van der Waals surface area contributed by atoms with Crippen molar-refractivity contribution in [1.82, 2.24) is 0 Å². The third kappa shape index (κ3) is 4.22. The Balaban J connectivity index is 2.09. The van der Waals surface area contributed by atoms with Crippen LogP contribution in [0.1, 0.15) is 12.5 Å². The molecule has 112 valence electrons. The molecule has 6 heteroatoms. The zero-order valence-corrected chi connectivity index (χ0v) is 14.6. The summed E-state index contributed by atoms with van der Waals surface area (Å²) in [5.41, 5.74) is 1.89. The Kier molecular flexibility index (Phi) is 5.30. The fourth-order valence-electron chi connectivity index (χ4n) is 1.82. The summed E-state index contributed by atoms with van der Waals surface area (Å²) in [6.45, 7) is 2.24. The van der Waals surface area contributed by atoms with Gasteiger partial charge >= 0.3 is 0 Å². The standard InChI is InChI=1S/C15H15BrClNO2S/c1-2-21(19,20)14-6-4-13(5-7-14)18-10-11-9-12(17)3-8-15(11)16/h3-9,18H,2,10H2,1H3. The first-order chi connectivity index (χ1) is 9.92. The smallest absolute Gasteiger partial charge is 0.178 e. The lowest BCUT2D eigenvalue weighted by Crippen LogP contribution is -2.04. The Labute approximate surface area is 138 Å². The lowest BCUT2D eigenvalue weighted by molar-refractivity contribution is 0.597. The van der Waals surface area contributed by atoms with Crippen LogP contribution < -0.4 is 5.32 Å². The van der Waals surface area contributed by atoms with Gasteiger partial charge in [0, 0.05) is 21.7 Å². The molecule has 0 aliphatic heterocycles. The van der Waals surface area contributed by atoms with Crippen LogP contribution >= 0.6 is 27.5 Å². The molecule has 2 rings (SSSR count). The highest BCUT2D eigenvalue weighted by Crippen LogP contribution is 2.22. The molecule has 0 spiro atoms. The van der Waals surface area contributed by atoms with Gasteiger partial charge in [0.1, 0.15) is 0 Å². The van der Waals surface area contributed by atoms with Gasteiger partial charge in [-0.2, -0.15) is 0 Å². The monoisotopic (exact) mass is 387 g/mol. The number of hydrogen-bond acceptors (Lipinski definition) is 3. The number of rotatable bonds is 5. The Morgan fingerprint density at radius 2 is 1.81 bits per heavy atom. The van der Waals surface area contributed by atoms with Gasteiger partial charge in [-0.25, -0.2) is 8.42 Å². The summed E-state index contributed by atoms with van der Waals surface area (Å²) in [7, 11) is -3.15. The van der Waals surface area contributed by atoms with E-state index in [9.17, 15) is 8.42 Å². The van der Waals surface area contributed by atoms with Crippen LogP contribution in [0.25, 0.3) is 0 Å². The van der Waals surface area contributed by atoms with E-state index in [1.54, 1.807) is 31.2 Å². The summed E-state index contributed by atoms with van der Waals surface area (Å²) in [4.78, 5) is 0.347. The second kappa shape index (κ2) is 6.81. The van der Waals surface area contributed by atoms with Gasteiger partial charge in [-0.3, -0.25) is 0 Å². The minimum absolute atomic E-state index is 0.106. The highest BCUT2D eigenvalue weighted by atomic mass is 79.9. The normalized spacial score (nSPS) is 11.4. The molecule has 0 atom stereocenters. The van der Waals surface area contributed by atoms with Crippen molar-refractivity contribution >= 4 is 43.1 Å². The minimum atomic E-state index is -3.15. The van der Waals surface area contributed by atoms with Crippen molar-refractivity contribution in [3.63, 3.8) is 0 Å². The van der Waals surface area contributed by atoms with Gasteiger partial charge in [-0.1, -0.05) is 34.5 Å². The highest BCUT2D eigenvalue weighted by molar-refractivity contribution is 9.10. The molecule has 0 saturated carbocycles. The summed E-state index contributed by atoms with van der Waals surface area (Å²) in [6.07, 6.45) is 0. The third-order valence-electron chi connectivity index (χ3n) is 3.08. The van der Waals surface area contributed by atoms with Crippen molar-refractivity contribution in [2.24, 2.45) is 0 Å². The largest absolute Gasteiger partial charge is 0.381 e. The van der Waals surface area contributed by atoms with Gasteiger partial charge in [0.05, 0.1) is 10.6 Å². The first-order valence-corrected chi connectivity index (χ1v) is 9.25. The summed E-state index contributed by atoms with van der Waals surface area (Å²) in [5.74, 6) is 0.106. The summed E-state index contributed by atoms with van der Waals surface area (Å²) >= 11 is 9.44. The topological polar surface area (TPSA) is 46.2 Å². The first-order valence-electron chi connectivity index (χ1n) is 6.43. The molecule has 0 heterocycles. The van der Waals surface area contributed by atoms with Crippen LogP contribution in [0.4, 0.5) is 5.69 Å². The van der Waals surface area contributed by atoms with Gasteiger partial charge in [0.2, 0.25) is 0 Å². The van der Waals surface area contributed by atoms with E-state index >= 15 is 0 Å². The van der Waals surface area contributed by atoms with Gasteiger partial charge in [0.15, 0.2) is 9.84 Å². The van der Waals surface area contributed by atoms with Crippen molar-refractivity contribution in [2.75, 3.05) is 11.1 Å². The van der Waals surface area contributed by atoms with E-state index in [1.807, 2.05) is 18.2 Å². The number of anilines is 1. The molecular weight excluding hydrogens is 374 g/mol. The van der Waals surface area contributed by atoms with Crippen LogP contribution in [0.3, 0.4) is 0 Å². The summed E-state index contributed by atoms with van der Waals surface area (Å²) in [5, 5.41) is 3.92. The Bertz CT molecular complexity index is 730. The maximum Gasteiger partial charge on any atom is 0.178 e. The summed E-state index contributed by atoms with van der Waals surface area (Å²) < 4.78 is 24.4. The number of hydrogen-bond donors (Lipinski definition) is 1. The zero-order chi connectivity index (χ0) is 15.5. The molecule has 0 fully saturated rings. The van der Waals surface area contributed by atoms with E-state index in [1.165, 1.54) is 0 Å². The molecule has 1 N–H and O–H groups in total. The molecule has 0 radical (unpaired) electrons. The van der Waals surface area contributed by atoms with Crippen LogP contribution in [-0.2, 0) is 16.4 Å². The number of benzene rings is 2. The minimum Gasteiger partial charge on any atom is -0.381 e. The van der Waals surface area contributed by atoms with E-state index in [0.29, 0.717) is 16.5 Å². The van der Waals surface area contributed by atoms with E-state index in [2.05, 4.69) is 21.2 Å². The maximum atomic E-state index is 11.7. The van der Waals surface area contributed by atoms with Gasteiger partial charge < -0.3 is 5.32 Å². The molecule has 2 aromatic carbocycles. The number of nitrogens with one attached hydrogen (secondary N) is 1. The molecule has 0 saturated heterocycles. The van der Waals surface area contributed by atoms with Crippen molar-refractivity contribution in [1.29, 1.82) is 0 Å². The maximum absolute atomic E-state index is 11.7. The molecule has 0 unspecified atom stereocenters. The van der Waals surface area contributed by atoms with Crippen LogP contribution in [0.5, 0.6) is 0 Å². The fourth-order valence-corrected chi connectivity index (χ4v) is 3.29. The molecule has 0 aliphatic carbocycles. The molecule has 3 nitrogen and oxygen atoms in total. The third-order valence-corrected chi connectivity index (χ3v) is 5.84. The quantitative estimate of drug-likeness (QED) is 0.820. The Morgan fingerprint density at radius 1 is 1.14 bits per heavy atom. The van der Waals surface area contributed by atoms with Crippen LogP contribution in [0, 0.1) is 0 Å². The average Bonchev–Trinajstić information content (AvgIpc) is 2.48. The second-order valence-electron chi connectivity index (χ2n) is 4.52. The molecule has 21 heavy (non-hydrogen) atoms. The van der Waals surface area contributed by atoms with E-state index in [-0.39, 0.29) is 5.75 Å². The Hall–Kier alpha value is -1.04. The van der Waals surface area contributed by atoms with Crippen molar-refractivity contribution in [3.8, 4) is 0 Å². The van der Waals surface area contributed by atoms with Crippen molar-refractivity contribution in [3.05, 3.63) is 57.5 Å². The van der Waals surface area contributed by atoms with Crippen molar-refractivity contribution in [2.45, 2.75) is 18.4 Å². The highest BCUT2D eigenvalue weighted by Gasteiger charge is 2.10. The zero-order valence-electron chi connectivity index (χ0n) is 11.4. The van der Waals surface area contributed by atoms with E-state index < -0.39 is 9.84 Å². The first kappa shape index (κ1) is 16.3. The molecule has 0 bridgehead atoms. The lowest BCUT2D eigenvalue weighted by Gasteiger charge is -2.09. The van der Waals surface area contributed by atoms with E-state index in [4.69, 9.17) is 11.6 Å². The predicted molar refractivity (Wildman–Crippen MR) is 90.6 cm³/mol. The van der Waals surface area contributed by atoms with Gasteiger partial charge in [0.25, 0.3) is 0 Å². The molecule has 0 amide bonds. The molecular formula is C15H15BrClNO2S. The second-order valence-corrected chi connectivity index (χ2v) is 8.09. The van der Waals surface area contributed by atoms with Gasteiger partial charge in [-0.05, 0) is 48.0 Å². The fraction of sp³-hybridized carbons (Fsp3) is 0.200. The molecule has 0 aromatic heterocycles. The van der Waals surface area contributed by atoms with Gasteiger partial charge in [-0.15, -0.1) is 0 Å². The van der Waals surface area contributed by atoms with Crippen LogP contribution in [0.15, 0.2) is 51.8 Å². The Morgan fingerprint density at radius 3 is 2.43 bits per heavy atom. The van der Waals surface area contributed by atoms with Crippen LogP contribution in [0.2, 0.25) is 5.02 Å². The average molecular weight is 389 g/mol. The SMILES string of the molecule is CCS(=O)(=O)c1ccc(NCc2cc(Cl)ccc2Br)cc1. The van der Waals surface area contributed by atoms with Crippen molar-refractivity contribution < 1.29 is 8.42 Å².